The first kappa shape index (κ1) is 17.8. The highest BCUT2D eigenvalue weighted by Crippen LogP contribution is 2.39. The molecule has 0 unspecified atom stereocenters. The monoisotopic (exact) mass is 363 g/mol. The lowest BCUT2D eigenvalue weighted by molar-refractivity contribution is -0.137. The van der Waals surface area contributed by atoms with Crippen LogP contribution in [0.4, 0.5) is 18.9 Å². The number of anilines is 1. The quantitative estimate of drug-likeness (QED) is 0.808. The molecule has 0 bridgehead atoms. The summed E-state index contributed by atoms with van der Waals surface area (Å²) in [6.07, 6.45) is -2.86. The third-order valence-corrected chi connectivity index (χ3v) is 3.93. The van der Waals surface area contributed by atoms with E-state index in [1.54, 1.807) is 24.3 Å². The van der Waals surface area contributed by atoms with E-state index < -0.39 is 17.6 Å². The molecule has 2 aromatic carbocycles. The molecule has 1 N–H and O–H groups in total. The van der Waals surface area contributed by atoms with E-state index in [-0.39, 0.29) is 5.69 Å². The lowest BCUT2D eigenvalue weighted by Gasteiger charge is -2.10. The predicted molar refractivity (Wildman–Crippen MR) is 92.1 cm³/mol. The van der Waals surface area contributed by atoms with Gasteiger partial charge in [0.1, 0.15) is 0 Å². The predicted octanol–water partition coefficient (Wildman–Crippen LogP) is 4.61. The number of nitrogens with one attached hydrogen (secondary N) is 1. The second-order valence-electron chi connectivity index (χ2n) is 5.61. The maximum Gasteiger partial charge on any atom is 0.416 e. The molecule has 7 heteroatoms. The van der Waals surface area contributed by atoms with E-state index in [1.165, 1.54) is 13.2 Å². The Hall–Kier alpha value is -2.96. The third-order valence-electron chi connectivity index (χ3n) is 3.93. The molecule has 4 nitrogen and oxygen atoms in total. The molecule has 0 aromatic heterocycles. The Bertz CT molecular complexity index is 888. The Morgan fingerprint density at radius 1 is 1.12 bits per heavy atom. The number of rotatable bonds is 4. The summed E-state index contributed by atoms with van der Waals surface area (Å²) in [6.45, 7) is 2.33. The van der Waals surface area contributed by atoms with Gasteiger partial charge in [0.2, 0.25) is 0 Å². The van der Waals surface area contributed by atoms with Gasteiger partial charge in [-0.2, -0.15) is 13.2 Å². The average molecular weight is 363 g/mol. The van der Waals surface area contributed by atoms with Gasteiger partial charge in [0.05, 0.1) is 19.3 Å². The topological polar surface area (TPSA) is 47.6 Å². The zero-order chi connectivity index (χ0) is 18.9. The number of hydrogen-bond donors (Lipinski definition) is 1. The highest BCUT2D eigenvalue weighted by Gasteiger charge is 2.33. The van der Waals surface area contributed by atoms with Crippen LogP contribution in [0.2, 0.25) is 0 Å². The second kappa shape index (κ2) is 6.74. The minimum Gasteiger partial charge on any atom is -0.493 e. The van der Waals surface area contributed by atoms with E-state index >= 15 is 0 Å². The van der Waals surface area contributed by atoms with Crippen LogP contribution in [0.15, 0.2) is 36.4 Å². The summed E-state index contributed by atoms with van der Waals surface area (Å²) in [5.41, 5.74) is 0.730. The minimum atomic E-state index is -4.46. The number of carbonyl (C=O) groups excluding carboxylic acids is 1. The van der Waals surface area contributed by atoms with Crippen molar-refractivity contribution in [3.8, 4) is 11.5 Å². The first-order valence-electron chi connectivity index (χ1n) is 7.89. The number of carbonyl (C=O) groups is 1. The normalized spacial score (nSPS) is 15.0. The van der Waals surface area contributed by atoms with E-state index in [0.29, 0.717) is 34.8 Å². The van der Waals surface area contributed by atoms with E-state index in [4.69, 9.17) is 9.47 Å². The van der Waals surface area contributed by atoms with Gasteiger partial charge in [-0.15, -0.1) is 0 Å². The number of hydrogen-bond acceptors (Lipinski definition) is 3. The van der Waals surface area contributed by atoms with Gasteiger partial charge in [0.15, 0.2) is 11.5 Å². The van der Waals surface area contributed by atoms with Gasteiger partial charge in [-0.1, -0.05) is 12.1 Å². The van der Waals surface area contributed by atoms with Gasteiger partial charge in [0, 0.05) is 16.8 Å². The maximum atomic E-state index is 12.8. The van der Waals surface area contributed by atoms with Crippen molar-refractivity contribution in [3.63, 3.8) is 0 Å². The third kappa shape index (κ3) is 3.37. The summed E-state index contributed by atoms with van der Waals surface area (Å²) in [7, 11) is 1.50. The zero-order valence-electron chi connectivity index (χ0n) is 14.1. The molecule has 0 aliphatic carbocycles. The molecule has 0 radical (unpaired) electrons. The van der Waals surface area contributed by atoms with E-state index in [2.05, 4.69) is 5.32 Å². The van der Waals surface area contributed by atoms with Crippen molar-refractivity contribution in [2.75, 3.05) is 19.0 Å². The lowest BCUT2D eigenvalue weighted by Crippen LogP contribution is -2.06. The summed E-state index contributed by atoms with van der Waals surface area (Å²) in [6, 6.07) is 8.37. The summed E-state index contributed by atoms with van der Waals surface area (Å²) < 4.78 is 49.2. The van der Waals surface area contributed by atoms with Crippen LogP contribution in [-0.2, 0) is 11.0 Å². The van der Waals surface area contributed by atoms with Crippen molar-refractivity contribution in [1.82, 2.24) is 0 Å². The number of halogens is 3. The Labute approximate surface area is 148 Å². The van der Waals surface area contributed by atoms with Crippen molar-refractivity contribution < 1.29 is 27.4 Å². The van der Waals surface area contributed by atoms with Crippen LogP contribution in [0.5, 0.6) is 11.5 Å². The van der Waals surface area contributed by atoms with Crippen LogP contribution < -0.4 is 14.8 Å². The molecule has 1 aliphatic rings. The van der Waals surface area contributed by atoms with Crippen LogP contribution in [0.3, 0.4) is 0 Å². The smallest absolute Gasteiger partial charge is 0.416 e. The van der Waals surface area contributed by atoms with E-state index in [9.17, 15) is 18.0 Å². The van der Waals surface area contributed by atoms with E-state index in [0.717, 1.165) is 12.1 Å². The van der Waals surface area contributed by atoms with Crippen LogP contribution in [0.25, 0.3) is 11.6 Å². The summed E-state index contributed by atoms with van der Waals surface area (Å²) in [5, 5.41) is 2.48. The van der Waals surface area contributed by atoms with Crippen molar-refractivity contribution in [2.24, 2.45) is 0 Å². The fourth-order valence-electron chi connectivity index (χ4n) is 2.73. The maximum absolute atomic E-state index is 12.8. The van der Waals surface area contributed by atoms with Gasteiger partial charge in [0.25, 0.3) is 5.91 Å². The lowest BCUT2D eigenvalue weighted by atomic mass is 10.0. The average Bonchev–Trinajstić information content (AvgIpc) is 2.90. The molecular weight excluding hydrogens is 347 g/mol. The van der Waals surface area contributed by atoms with Crippen LogP contribution in [-0.4, -0.2) is 19.6 Å². The van der Waals surface area contributed by atoms with Crippen molar-refractivity contribution >= 4 is 23.2 Å². The van der Waals surface area contributed by atoms with Crippen molar-refractivity contribution in [3.05, 3.63) is 53.1 Å². The Kier molecular flexibility index (Phi) is 4.63. The number of methoxy groups -OCH3 is 1. The second-order valence-corrected chi connectivity index (χ2v) is 5.61. The van der Waals surface area contributed by atoms with E-state index in [1.807, 2.05) is 6.92 Å². The Balaban J connectivity index is 2.00. The number of alkyl halides is 3. The molecular formula is C19H16F3NO3. The van der Waals surface area contributed by atoms with Gasteiger partial charge >= 0.3 is 6.18 Å². The molecule has 0 saturated heterocycles. The number of benzene rings is 2. The summed E-state index contributed by atoms with van der Waals surface area (Å²) >= 11 is 0. The number of ether oxygens (including phenoxy) is 2. The fraction of sp³-hybridized carbons (Fsp3) is 0.211. The largest absolute Gasteiger partial charge is 0.493 e. The van der Waals surface area contributed by atoms with Crippen LogP contribution >= 0.6 is 0 Å². The molecule has 26 heavy (non-hydrogen) atoms. The Morgan fingerprint density at radius 3 is 2.54 bits per heavy atom. The van der Waals surface area contributed by atoms with Crippen LogP contribution in [0.1, 0.15) is 23.6 Å². The fourth-order valence-corrected chi connectivity index (χ4v) is 2.73. The van der Waals surface area contributed by atoms with Gasteiger partial charge in [-0.3, -0.25) is 4.79 Å². The molecule has 0 saturated carbocycles. The van der Waals surface area contributed by atoms with Gasteiger partial charge in [-0.25, -0.2) is 0 Å². The molecule has 0 spiro atoms. The molecule has 2 aromatic rings. The molecule has 1 heterocycles. The standard InChI is InChI=1S/C19H16F3NO3/c1-3-26-16-7-4-11(9-17(16)25-2)8-14-13-6-5-12(19(20,21)22)10-15(13)23-18(14)24/h4-10H,3H2,1-2H3,(H,23,24)/b14-8+. The molecule has 136 valence electrons. The molecule has 1 aliphatic heterocycles. The van der Waals surface area contributed by atoms with Gasteiger partial charge in [-0.05, 0) is 42.8 Å². The number of amides is 1. The molecule has 1 amide bonds. The first-order valence-corrected chi connectivity index (χ1v) is 7.89. The molecule has 0 atom stereocenters. The minimum absolute atomic E-state index is 0.147. The SMILES string of the molecule is CCOc1ccc(/C=C2/C(=O)Nc3cc(C(F)(F)F)ccc32)cc1OC. The first-order chi connectivity index (χ1) is 12.3. The Morgan fingerprint density at radius 2 is 1.88 bits per heavy atom. The highest BCUT2D eigenvalue weighted by atomic mass is 19.4. The zero-order valence-corrected chi connectivity index (χ0v) is 14.1. The highest BCUT2D eigenvalue weighted by molar-refractivity contribution is 6.34. The summed E-state index contributed by atoms with van der Waals surface area (Å²) in [5.74, 6) is 0.627. The van der Waals surface area contributed by atoms with Crippen molar-refractivity contribution in [1.29, 1.82) is 0 Å². The summed E-state index contributed by atoms with van der Waals surface area (Å²) in [4.78, 5) is 12.2. The van der Waals surface area contributed by atoms with Crippen LogP contribution in [0, 0.1) is 0 Å². The van der Waals surface area contributed by atoms with Gasteiger partial charge < -0.3 is 14.8 Å². The number of fused-ring (bicyclic) bond motifs is 1. The van der Waals surface area contributed by atoms with Crippen molar-refractivity contribution in [2.45, 2.75) is 13.1 Å². The molecule has 3 rings (SSSR count). The molecule has 0 fully saturated rings.